The van der Waals surface area contributed by atoms with Crippen molar-refractivity contribution in [3.63, 3.8) is 0 Å². The van der Waals surface area contributed by atoms with Crippen LogP contribution < -0.4 is 0 Å². The average Bonchev–Trinajstić information content (AvgIpc) is 2.69. The molecule has 0 aliphatic rings. The van der Waals surface area contributed by atoms with Crippen LogP contribution in [-0.4, -0.2) is 74.9 Å². The summed E-state index contributed by atoms with van der Waals surface area (Å²) in [4.78, 5) is 14.0. The molecule has 31 heavy (non-hydrogen) atoms. The molecule has 0 amide bonds. The smallest absolute Gasteiger partial charge is 0.379 e. The standard InChI is InChI=1S/C22H48NO7P/c1-5-6-7-8-9-10-11-12-13-14-15-16-18-27-20-22(30-24)21-29-31(25,26)28-19-17-23(2,3)4/h22H,5-21H2,1-4H3,(H-,24,25,26)/p+1/t22-/m1/s1. The fraction of sp³-hybridized carbons (Fsp3) is 1.00. The van der Waals surface area contributed by atoms with E-state index in [0.717, 1.165) is 12.8 Å². The molecule has 0 saturated heterocycles. The lowest BCUT2D eigenvalue weighted by Gasteiger charge is -2.24. The van der Waals surface area contributed by atoms with Crippen molar-refractivity contribution in [1.29, 1.82) is 0 Å². The van der Waals surface area contributed by atoms with E-state index >= 15 is 0 Å². The van der Waals surface area contributed by atoms with E-state index < -0.39 is 13.9 Å². The first-order valence-electron chi connectivity index (χ1n) is 12.0. The van der Waals surface area contributed by atoms with Crippen molar-refractivity contribution in [1.82, 2.24) is 0 Å². The van der Waals surface area contributed by atoms with Gasteiger partial charge in [0.15, 0.2) is 0 Å². The van der Waals surface area contributed by atoms with Crippen molar-refractivity contribution in [2.45, 2.75) is 90.1 Å². The van der Waals surface area contributed by atoms with Gasteiger partial charge in [0, 0.05) is 6.61 Å². The van der Waals surface area contributed by atoms with Crippen LogP contribution in [0, 0.1) is 0 Å². The predicted octanol–water partition coefficient (Wildman–Crippen LogP) is 5.40. The first kappa shape index (κ1) is 30.9. The number of hydrogen-bond donors (Lipinski definition) is 2. The molecule has 2 atom stereocenters. The largest absolute Gasteiger partial charge is 0.472 e. The third kappa shape index (κ3) is 22.9. The van der Waals surface area contributed by atoms with Gasteiger partial charge in [0.2, 0.25) is 0 Å². The number of quaternary nitrogens is 1. The first-order chi connectivity index (χ1) is 14.7. The number of phosphoric acid groups is 1. The molecular weight excluding hydrogens is 421 g/mol. The van der Waals surface area contributed by atoms with Crippen LogP contribution in [-0.2, 0) is 23.2 Å². The summed E-state index contributed by atoms with van der Waals surface area (Å²) in [6.45, 7) is 3.28. The lowest BCUT2D eigenvalue weighted by molar-refractivity contribution is -0.870. The Balaban J connectivity index is 3.59. The average molecular weight is 471 g/mol. The molecule has 0 aromatic rings. The fourth-order valence-corrected chi connectivity index (χ4v) is 3.76. The highest BCUT2D eigenvalue weighted by atomic mass is 31.2. The minimum absolute atomic E-state index is 0.0907. The van der Waals surface area contributed by atoms with E-state index in [1.165, 1.54) is 64.2 Å². The lowest BCUT2D eigenvalue weighted by Crippen LogP contribution is -2.37. The molecule has 8 nitrogen and oxygen atoms in total. The zero-order chi connectivity index (χ0) is 23.4. The summed E-state index contributed by atoms with van der Waals surface area (Å²) in [5.74, 6) is 0. The number of likely N-dealkylation sites (N-methyl/N-ethyl adjacent to an activating group) is 1. The summed E-state index contributed by atoms with van der Waals surface area (Å²) in [7, 11) is 1.69. The number of ether oxygens (including phenoxy) is 1. The van der Waals surface area contributed by atoms with E-state index in [0.29, 0.717) is 17.6 Å². The summed E-state index contributed by atoms with van der Waals surface area (Å²) in [6.07, 6.45) is 14.5. The Labute approximate surface area is 190 Å². The van der Waals surface area contributed by atoms with Crippen LogP contribution in [0.3, 0.4) is 0 Å². The molecule has 0 aliphatic carbocycles. The molecule has 0 aliphatic heterocycles. The molecule has 0 fully saturated rings. The van der Waals surface area contributed by atoms with Gasteiger partial charge in [-0.1, -0.05) is 77.6 Å². The summed E-state index contributed by atoms with van der Waals surface area (Å²) in [5.41, 5.74) is 0. The number of nitrogens with zero attached hydrogens (tertiary/aromatic N) is 1. The zero-order valence-electron chi connectivity index (χ0n) is 20.4. The molecule has 1 unspecified atom stereocenters. The Morgan fingerprint density at radius 3 is 1.77 bits per heavy atom. The predicted molar refractivity (Wildman–Crippen MR) is 124 cm³/mol. The normalized spacial score (nSPS) is 15.2. The molecule has 0 saturated carbocycles. The molecule has 0 bridgehead atoms. The van der Waals surface area contributed by atoms with Gasteiger partial charge < -0.3 is 14.1 Å². The van der Waals surface area contributed by atoms with E-state index in [4.69, 9.17) is 19.0 Å². The van der Waals surface area contributed by atoms with E-state index in [1.54, 1.807) is 0 Å². The Morgan fingerprint density at radius 1 is 0.774 bits per heavy atom. The highest BCUT2D eigenvalue weighted by molar-refractivity contribution is 7.47. The van der Waals surface area contributed by atoms with Gasteiger partial charge in [-0.05, 0) is 6.42 Å². The number of rotatable bonds is 23. The lowest BCUT2D eigenvalue weighted by atomic mass is 10.1. The van der Waals surface area contributed by atoms with Gasteiger partial charge in [-0.3, -0.25) is 14.3 Å². The van der Waals surface area contributed by atoms with Crippen LogP contribution in [0.1, 0.15) is 84.0 Å². The van der Waals surface area contributed by atoms with Crippen LogP contribution in [0.4, 0.5) is 0 Å². The van der Waals surface area contributed by atoms with Crippen molar-refractivity contribution in [3.05, 3.63) is 0 Å². The maximum atomic E-state index is 11.8. The molecule has 2 N–H and O–H groups in total. The van der Waals surface area contributed by atoms with Crippen LogP contribution >= 0.6 is 7.82 Å². The summed E-state index contributed by atoms with van der Waals surface area (Å²) < 4.78 is 27.8. The number of unbranched alkanes of at least 4 members (excludes halogenated alkanes) is 11. The Hall–Kier alpha value is -0.0500. The summed E-state index contributed by atoms with van der Waals surface area (Å²) in [5, 5.41) is 8.93. The second-order valence-corrected chi connectivity index (χ2v) is 10.8. The van der Waals surface area contributed by atoms with Crippen molar-refractivity contribution in [3.8, 4) is 0 Å². The van der Waals surface area contributed by atoms with Crippen LogP contribution in [0.2, 0.25) is 0 Å². The molecule has 0 spiro atoms. The van der Waals surface area contributed by atoms with Gasteiger partial charge in [0.25, 0.3) is 0 Å². The molecule has 0 radical (unpaired) electrons. The molecule has 9 heteroatoms. The highest BCUT2D eigenvalue weighted by Gasteiger charge is 2.25. The van der Waals surface area contributed by atoms with Gasteiger partial charge in [0.1, 0.15) is 19.3 Å². The van der Waals surface area contributed by atoms with E-state index in [-0.39, 0.29) is 19.8 Å². The number of hydrogen-bond acceptors (Lipinski definition) is 6. The number of phosphoric ester groups is 1. The zero-order valence-corrected chi connectivity index (χ0v) is 21.3. The van der Waals surface area contributed by atoms with Gasteiger partial charge in [-0.25, -0.2) is 9.45 Å². The highest BCUT2D eigenvalue weighted by Crippen LogP contribution is 2.43. The van der Waals surface area contributed by atoms with Crippen molar-refractivity contribution in [2.24, 2.45) is 0 Å². The SMILES string of the molecule is CCCCCCCCCCCCCCOC[C@H](COP(=O)(O)OCC[N+](C)(C)C)OO. The van der Waals surface area contributed by atoms with E-state index in [1.807, 2.05) is 21.1 Å². The molecule has 0 rings (SSSR count). The monoisotopic (exact) mass is 470 g/mol. The molecule has 188 valence electrons. The van der Waals surface area contributed by atoms with E-state index in [9.17, 15) is 9.46 Å². The van der Waals surface area contributed by atoms with Gasteiger partial charge in [0.05, 0.1) is 34.4 Å². The summed E-state index contributed by atoms with van der Waals surface area (Å²) >= 11 is 0. The fourth-order valence-electron chi connectivity index (χ4n) is 3.01. The van der Waals surface area contributed by atoms with Crippen LogP contribution in [0.15, 0.2) is 0 Å². The topological polar surface area (TPSA) is 94.5 Å². The minimum atomic E-state index is -4.18. The van der Waals surface area contributed by atoms with E-state index in [2.05, 4.69) is 11.8 Å². The maximum Gasteiger partial charge on any atom is 0.472 e. The van der Waals surface area contributed by atoms with Crippen molar-refractivity contribution >= 4 is 7.82 Å². The first-order valence-corrected chi connectivity index (χ1v) is 13.5. The Kier molecular flexibility index (Phi) is 19.4. The molecule has 0 aromatic heterocycles. The van der Waals surface area contributed by atoms with Gasteiger partial charge in [-0.2, -0.15) is 0 Å². The third-order valence-electron chi connectivity index (χ3n) is 5.04. The second-order valence-electron chi connectivity index (χ2n) is 9.30. The second kappa shape index (κ2) is 19.4. The van der Waals surface area contributed by atoms with Crippen LogP contribution in [0.25, 0.3) is 0 Å². The molecule has 0 aromatic carbocycles. The minimum Gasteiger partial charge on any atom is -0.379 e. The maximum absolute atomic E-state index is 11.8. The van der Waals surface area contributed by atoms with Crippen molar-refractivity contribution in [2.75, 3.05) is 54.1 Å². The molecule has 0 heterocycles. The van der Waals surface area contributed by atoms with Gasteiger partial charge >= 0.3 is 7.82 Å². The quantitative estimate of drug-likeness (QED) is 0.0678. The Morgan fingerprint density at radius 2 is 1.29 bits per heavy atom. The van der Waals surface area contributed by atoms with Crippen LogP contribution in [0.5, 0.6) is 0 Å². The van der Waals surface area contributed by atoms with Gasteiger partial charge in [-0.15, -0.1) is 0 Å². The van der Waals surface area contributed by atoms with Crippen molar-refractivity contribution < 1.29 is 37.9 Å². The third-order valence-corrected chi connectivity index (χ3v) is 6.02. The summed E-state index contributed by atoms with van der Waals surface area (Å²) in [6, 6.07) is 0. The Bertz CT molecular complexity index is 446. The molecular formula is C22H49NO7P+.